The van der Waals surface area contributed by atoms with Crippen LogP contribution in [-0.4, -0.2) is 51.4 Å². The second-order valence-electron chi connectivity index (χ2n) is 7.14. The van der Waals surface area contributed by atoms with Crippen LogP contribution in [-0.2, 0) is 16.1 Å². The van der Waals surface area contributed by atoms with E-state index < -0.39 is 11.7 Å². The van der Waals surface area contributed by atoms with Crippen LogP contribution in [0.2, 0.25) is 0 Å². The van der Waals surface area contributed by atoms with Crippen molar-refractivity contribution >= 4 is 11.8 Å². The van der Waals surface area contributed by atoms with E-state index in [1.54, 1.807) is 9.80 Å². The third kappa shape index (κ3) is 3.65. The fourth-order valence-corrected chi connectivity index (χ4v) is 3.91. The number of nitrogens with one attached hydrogen (secondary N) is 1. The minimum atomic E-state index is -0.575. The van der Waals surface area contributed by atoms with E-state index in [2.05, 4.69) is 10.2 Å². The first kappa shape index (κ1) is 17.5. The van der Waals surface area contributed by atoms with Gasteiger partial charge in [0.15, 0.2) is 0 Å². The Morgan fingerprint density at radius 3 is 2.52 bits per heavy atom. The highest BCUT2D eigenvalue weighted by atomic mass is 16.4. The Balaban J connectivity index is 1.33. The molecule has 8 nitrogen and oxygen atoms in total. The fourth-order valence-electron chi connectivity index (χ4n) is 3.91. The molecule has 27 heavy (non-hydrogen) atoms. The van der Waals surface area contributed by atoms with Gasteiger partial charge in [-0.2, -0.15) is 0 Å². The summed E-state index contributed by atoms with van der Waals surface area (Å²) in [5.41, 5.74) is 1.07. The van der Waals surface area contributed by atoms with E-state index in [0.29, 0.717) is 51.3 Å². The molecule has 8 heteroatoms. The summed E-state index contributed by atoms with van der Waals surface area (Å²) in [4.78, 5) is 40.1. The summed E-state index contributed by atoms with van der Waals surface area (Å²) in [7, 11) is 0. The molecule has 1 atom stereocenters. The Hall–Kier alpha value is -2.90. The average Bonchev–Trinajstić information content (AvgIpc) is 3.29. The molecule has 2 aliphatic heterocycles. The van der Waals surface area contributed by atoms with Crippen molar-refractivity contribution in [3.63, 3.8) is 0 Å². The molecule has 1 unspecified atom stereocenters. The first-order valence-electron chi connectivity index (χ1n) is 9.28. The lowest BCUT2D eigenvalue weighted by molar-refractivity contribution is -0.144. The van der Waals surface area contributed by atoms with Gasteiger partial charge in [0, 0.05) is 32.1 Å². The molecule has 0 spiro atoms. The number of benzene rings is 1. The van der Waals surface area contributed by atoms with Crippen LogP contribution in [0.4, 0.5) is 0 Å². The third-order valence-electron chi connectivity index (χ3n) is 5.42. The number of nitrogens with zero attached hydrogens (tertiary/aromatic N) is 3. The number of hydrogen-bond acceptors (Lipinski definition) is 5. The van der Waals surface area contributed by atoms with Gasteiger partial charge in [-0.05, 0) is 24.8 Å². The first-order valence-corrected chi connectivity index (χ1v) is 9.28. The number of carbonyl (C=O) groups is 2. The number of rotatable bonds is 4. The molecule has 0 aliphatic carbocycles. The lowest BCUT2D eigenvalue weighted by atomic mass is 9.95. The molecule has 1 aromatic carbocycles. The Morgan fingerprint density at radius 1 is 1.11 bits per heavy atom. The van der Waals surface area contributed by atoms with Crippen LogP contribution in [0.3, 0.4) is 0 Å². The summed E-state index contributed by atoms with van der Waals surface area (Å²) in [5, 5.41) is 6.15. The standard InChI is InChI=1S/C19H22N4O4/c24-17(22-9-6-14(7-10-22)16-20-21-19(26)27-16)15-8-11-23(18(15)25)12-13-4-2-1-3-5-13/h1-5,14-15H,6-12H2,(H,21,26). The van der Waals surface area contributed by atoms with Crippen molar-refractivity contribution in [2.75, 3.05) is 19.6 Å². The van der Waals surface area contributed by atoms with Crippen molar-refractivity contribution in [3.8, 4) is 0 Å². The van der Waals surface area contributed by atoms with Gasteiger partial charge >= 0.3 is 5.76 Å². The topological polar surface area (TPSA) is 99.5 Å². The predicted molar refractivity (Wildman–Crippen MR) is 95.6 cm³/mol. The van der Waals surface area contributed by atoms with E-state index in [4.69, 9.17) is 4.42 Å². The van der Waals surface area contributed by atoms with Gasteiger partial charge in [0.2, 0.25) is 17.7 Å². The van der Waals surface area contributed by atoms with Crippen LogP contribution in [0, 0.1) is 5.92 Å². The number of carbonyl (C=O) groups excluding carboxylic acids is 2. The number of likely N-dealkylation sites (tertiary alicyclic amines) is 2. The summed E-state index contributed by atoms with van der Waals surface area (Å²) in [6.45, 7) is 2.24. The minimum absolute atomic E-state index is 0.0295. The molecule has 3 heterocycles. The molecule has 1 aromatic heterocycles. The number of hydrogen-bond donors (Lipinski definition) is 1. The Morgan fingerprint density at radius 2 is 1.85 bits per heavy atom. The second kappa shape index (κ2) is 7.38. The number of aromatic nitrogens is 2. The van der Waals surface area contributed by atoms with E-state index in [-0.39, 0.29) is 17.7 Å². The van der Waals surface area contributed by atoms with Crippen LogP contribution in [0.15, 0.2) is 39.5 Å². The summed E-state index contributed by atoms with van der Waals surface area (Å²) < 4.78 is 5.02. The quantitative estimate of drug-likeness (QED) is 0.813. The van der Waals surface area contributed by atoms with Crippen LogP contribution < -0.4 is 5.76 Å². The highest BCUT2D eigenvalue weighted by molar-refractivity contribution is 6.01. The predicted octanol–water partition coefficient (Wildman–Crippen LogP) is 1.12. The molecule has 0 radical (unpaired) electrons. The van der Waals surface area contributed by atoms with E-state index in [1.807, 2.05) is 30.3 Å². The van der Waals surface area contributed by atoms with Crippen LogP contribution in [0.5, 0.6) is 0 Å². The van der Waals surface area contributed by atoms with E-state index in [0.717, 1.165) is 5.56 Å². The zero-order chi connectivity index (χ0) is 18.8. The van der Waals surface area contributed by atoms with Crippen LogP contribution >= 0.6 is 0 Å². The molecule has 0 bridgehead atoms. The summed E-state index contributed by atoms with van der Waals surface area (Å²) in [6.07, 6.45) is 1.92. The highest BCUT2D eigenvalue weighted by Crippen LogP contribution is 2.29. The third-order valence-corrected chi connectivity index (χ3v) is 5.42. The monoisotopic (exact) mass is 370 g/mol. The maximum absolute atomic E-state index is 12.8. The number of aromatic amines is 1. The van der Waals surface area contributed by atoms with Crippen molar-refractivity contribution < 1.29 is 14.0 Å². The van der Waals surface area contributed by atoms with Gasteiger partial charge in [-0.15, -0.1) is 5.10 Å². The normalized spacial score (nSPS) is 21.0. The molecule has 0 saturated carbocycles. The summed E-state index contributed by atoms with van der Waals surface area (Å²) >= 11 is 0. The fraction of sp³-hybridized carbons (Fsp3) is 0.474. The molecule has 2 aliphatic rings. The van der Waals surface area contributed by atoms with Crippen LogP contribution in [0.25, 0.3) is 0 Å². The lowest BCUT2D eigenvalue weighted by Crippen LogP contribution is -2.43. The SMILES string of the molecule is O=C(C1CCN(Cc2ccccc2)C1=O)N1CCC(c2n[nH]c(=O)o2)CC1. The van der Waals surface area contributed by atoms with Crippen molar-refractivity contribution in [3.05, 3.63) is 52.3 Å². The Kier molecular flexibility index (Phi) is 4.79. The summed E-state index contributed by atoms with van der Waals surface area (Å²) in [5.74, 6) is -0.867. The molecule has 2 amide bonds. The van der Waals surface area contributed by atoms with E-state index in [9.17, 15) is 14.4 Å². The zero-order valence-electron chi connectivity index (χ0n) is 15.0. The molecular formula is C19H22N4O4. The molecule has 1 N–H and O–H groups in total. The van der Waals surface area contributed by atoms with Crippen molar-refractivity contribution in [2.24, 2.45) is 5.92 Å². The maximum atomic E-state index is 12.8. The smallest absolute Gasteiger partial charge is 0.392 e. The van der Waals surface area contributed by atoms with Crippen LogP contribution in [0.1, 0.15) is 36.6 Å². The van der Waals surface area contributed by atoms with Gasteiger partial charge in [0.25, 0.3) is 0 Å². The lowest BCUT2D eigenvalue weighted by Gasteiger charge is -2.31. The van der Waals surface area contributed by atoms with Gasteiger partial charge < -0.3 is 14.2 Å². The molecule has 142 valence electrons. The van der Waals surface area contributed by atoms with Gasteiger partial charge in [-0.1, -0.05) is 30.3 Å². The van der Waals surface area contributed by atoms with Gasteiger partial charge in [-0.25, -0.2) is 9.89 Å². The molecule has 4 rings (SSSR count). The van der Waals surface area contributed by atoms with Crippen molar-refractivity contribution in [1.82, 2.24) is 20.0 Å². The van der Waals surface area contributed by atoms with Crippen molar-refractivity contribution in [1.29, 1.82) is 0 Å². The molecule has 2 fully saturated rings. The average molecular weight is 370 g/mol. The Labute approximate surface area is 156 Å². The van der Waals surface area contributed by atoms with E-state index >= 15 is 0 Å². The van der Waals surface area contributed by atoms with Gasteiger partial charge in [0.05, 0.1) is 0 Å². The maximum Gasteiger partial charge on any atom is 0.434 e. The summed E-state index contributed by atoms with van der Waals surface area (Å²) in [6, 6.07) is 9.81. The van der Waals surface area contributed by atoms with Gasteiger partial charge in [0.1, 0.15) is 5.92 Å². The minimum Gasteiger partial charge on any atom is -0.392 e. The van der Waals surface area contributed by atoms with Gasteiger partial charge in [-0.3, -0.25) is 9.59 Å². The Bertz CT molecular complexity index is 867. The largest absolute Gasteiger partial charge is 0.434 e. The van der Waals surface area contributed by atoms with E-state index in [1.165, 1.54) is 0 Å². The molecular weight excluding hydrogens is 348 g/mol. The zero-order valence-corrected chi connectivity index (χ0v) is 15.0. The number of H-pyrrole nitrogens is 1. The number of amides is 2. The molecule has 2 saturated heterocycles. The number of piperidine rings is 1. The van der Waals surface area contributed by atoms with Crippen molar-refractivity contribution in [2.45, 2.75) is 31.7 Å². The first-order chi connectivity index (χ1) is 13.1. The second-order valence-corrected chi connectivity index (χ2v) is 7.14. The molecule has 2 aromatic rings. The highest BCUT2D eigenvalue weighted by Gasteiger charge is 2.40.